The second kappa shape index (κ2) is 10.8. The number of H-pyrrole nitrogens is 1. The molecular weight excluding hydrogens is 619 g/mol. The van der Waals surface area contributed by atoms with Crippen molar-refractivity contribution in [2.24, 2.45) is 0 Å². The van der Waals surface area contributed by atoms with Crippen LogP contribution in [0.5, 0.6) is 0 Å². The van der Waals surface area contributed by atoms with Crippen LogP contribution in [0, 0.1) is 0 Å². The van der Waals surface area contributed by atoms with Crippen molar-refractivity contribution < 1.29 is 0 Å². The Labute approximate surface area is 294 Å². The maximum atomic E-state index is 3.58. The number of para-hydroxylation sites is 4. The molecule has 0 amide bonds. The van der Waals surface area contributed by atoms with Crippen molar-refractivity contribution in [2.45, 2.75) is 0 Å². The summed E-state index contributed by atoms with van der Waals surface area (Å²) in [6.07, 6.45) is 0. The van der Waals surface area contributed by atoms with Crippen LogP contribution in [-0.2, 0) is 0 Å². The Hall–Kier alpha value is -6.84. The van der Waals surface area contributed by atoms with Crippen molar-refractivity contribution in [3.63, 3.8) is 0 Å². The standard InChI is InChI=1S/C48H31N3/c1-3-11-35(12-4-1)50-45-18-10-8-16-38(45)40-28-32(20-24-46(40)50)34-22-26-48-42(30-34)41-29-33(21-25-47(41)51(48)36-13-5-2-6-14-36)31-19-23-44-39(27-31)37-15-7-9-17-43(37)49-44/h1-30,49H. The molecule has 0 spiro atoms. The van der Waals surface area contributed by atoms with Gasteiger partial charge in [0.05, 0.1) is 22.1 Å². The second-order valence-electron chi connectivity index (χ2n) is 13.5. The molecule has 0 bridgehead atoms. The molecule has 3 nitrogen and oxygen atoms in total. The first kappa shape index (κ1) is 28.0. The molecule has 1 N–H and O–H groups in total. The largest absolute Gasteiger partial charge is 0.355 e. The Morgan fingerprint density at radius 3 is 1.24 bits per heavy atom. The number of fused-ring (bicyclic) bond motifs is 9. The molecule has 0 aliphatic heterocycles. The zero-order valence-corrected chi connectivity index (χ0v) is 27.7. The summed E-state index contributed by atoms with van der Waals surface area (Å²) in [5.74, 6) is 0. The quantitative estimate of drug-likeness (QED) is 0.196. The zero-order chi connectivity index (χ0) is 33.5. The Morgan fingerprint density at radius 1 is 0.275 bits per heavy atom. The Kier molecular flexibility index (Phi) is 5.96. The molecule has 3 heterocycles. The number of hydrogen-bond acceptors (Lipinski definition) is 0. The fourth-order valence-electron chi connectivity index (χ4n) is 8.27. The molecular formula is C48H31N3. The summed E-state index contributed by atoms with van der Waals surface area (Å²) in [7, 11) is 0. The van der Waals surface area contributed by atoms with Crippen LogP contribution in [0.25, 0.3) is 99.0 Å². The van der Waals surface area contributed by atoms with Gasteiger partial charge in [0.2, 0.25) is 0 Å². The highest BCUT2D eigenvalue weighted by molar-refractivity contribution is 6.14. The van der Waals surface area contributed by atoms with Gasteiger partial charge < -0.3 is 14.1 Å². The van der Waals surface area contributed by atoms with Crippen LogP contribution < -0.4 is 0 Å². The number of aromatic amines is 1. The summed E-state index contributed by atoms with van der Waals surface area (Å²) in [5.41, 5.74) is 14.3. The third-order valence-corrected chi connectivity index (χ3v) is 10.6. The van der Waals surface area contributed by atoms with Crippen LogP contribution in [-0.4, -0.2) is 14.1 Å². The van der Waals surface area contributed by atoms with E-state index in [1.54, 1.807) is 0 Å². The number of benzene rings is 8. The van der Waals surface area contributed by atoms with E-state index < -0.39 is 0 Å². The van der Waals surface area contributed by atoms with Gasteiger partial charge in [-0.1, -0.05) is 97.1 Å². The normalized spacial score (nSPS) is 11.9. The van der Waals surface area contributed by atoms with Crippen LogP contribution in [0.4, 0.5) is 0 Å². The molecule has 0 atom stereocenters. The van der Waals surface area contributed by atoms with Crippen LogP contribution >= 0.6 is 0 Å². The Balaban J connectivity index is 1.12. The lowest BCUT2D eigenvalue weighted by Crippen LogP contribution is -1.93. The molecule has 0 unspecified atom stereocenters. The van der Waals surface area contributed by atoms with Crippen molar-refractivity contribution in [2.75, 3.05) is 0 Å². The molecule has 0 saturated carbocycles. The summed E-state index contributed by atoms with van der Waals surface area (Å²) in [6, 6.07) is 66.3. The lowest BCUT2D eigenvalue weighted by molar-refractivity contribution is 1.18. The van der Waals surface area contributed by atoms with E-state index in [1.165, 1.54) is 87.8 Å². The zero-order valence-electron chi connectivity index (χ0n) is 27.7. The van der Waals surface area contributed by atoms with Crippen molar-refractivity contribution in [1.29, 1.82) is 0 Å². The van der Waals surface area contributed by atoms with Gasteiger partial charge in [-0.25, -0.2) is 0 Å². The van der Waals surface area contributed by atoms with E-state index in [0.29, 0.717) is 0 Å². The number of nitrogens with zero attached hydrogens (tertiary/aromatic N) is 2. The maximum absolute atomic E-state index is 3.58. The first-order chi connectivity index (χ1) is 25.3. The minimum Gasteiger partial charge on any atom is -0.355 e. The number of nitrogens with one attached hydrogen (secondary N) is 1. The first-order valence-electron chi connectivity index (χ1n) is 17.5. The van der Waals surface area contributed by atoms with E-state index >= 15 is 0 Å². The van der Waals surface area contributed by atoms with E-state index in [9.17, 15) is 0 Å². The van der Waals surface area contributed by atoms with Gasteiger partial charge in [-0.3, -0.25) is 0 Å². The molecule has 238 valence electrons. The van der Waals surface area contributed by atoms with E-state index in [4.69, 9.17) is 0 Å². The summed E-state index contributed by atoms with van der Waals surface area (Å²) in [4.78, 5) is 3.58. The molecule has 0 aliphatic carbocycles. The summed E-state index contributed by atoms with van der Waals surface area (Å²) in [5, 5.41) is 7.51. The second-order valence-corrected chi connectivity index (χ2v) is 13.5. The van der Waals surface area contributed by atoms with Gasteiger partial charge in [-0.05, 0) is 107 Å². The van der Waals surface area contributed by atoms with Gasteiger partial charge in [-0.15, -0.1) is 0 Å². The van der Waals surface area contributed by atoms with Gasteiger partial charge in [0.15, 0.2) is 0 Å². The SMILES string of the molecule is c1ccc(-n2c3ccccc3c3cc(-c4ccc5c(c4)c4cc(-c6ccc7[nH]c8ccccc8c7c6)ccc4n5-c4ccccc4)ccc32)cc1. The third-order valence-electron chi connectivity index (χ3n) is 10.6. The van der Waals surface area contributed by atoms with Crippen LogP contribution in [0.15, 0.2) is 182 Å². The average molecular weight is 650 g/mol. The first-order valence-corrected chi connectivity index (χ1v) is 17.5. The predicted octanol–water partition coefficient (Wildman–Crippen LogP) is 12.8. The topological polar surface area (TPSA) is 25.6 Å². The van der Waals surface area contributed by atoms with Crippen molar-refractivity contribution in [3.8, 4) is 33.6 Å². The van der Waals surface area contributed by atoms with Crippen LogP contribution in [0.1, 0.15) is 0 Å². The van der Waals surface area contributed by atoms with Crippen molar-refractivity contribution >= 4 is 65.4 Å². The fourth-order valence-corrected chi connectivity index (χ4v) is 8.27. The number of aromatic nitrogens is 3. The summed E-state index contributed by atoms with van der Waals surface area (Å²) >= 11 is 0. The maximum Gasteiger partial charge on any atom is 0.0541 e. The summed E-state index contributed by atoms with van der Waals surface area (Å²) in [6.45, 7) is 0. The van der Waals surface area contributed by atoms with E-state index in [-0.39, 0.29) is 0 Å². The Morgan fingerprint density at radius 2 is 0.667 bits per heavy atom. The fraction of sp³-hybridized carbons (Fsp3) is 0. The molecule has 0 saturated heterocycles. The van der Waals surface area contributed by atoms with Crippen LogP contribution in [0.2, 0.25) is 0 Å². The van der Waals surface area contributed by atoms with Gasteiger partial charge in [0.1, 0.15) is 0 Å². The predicted molar refractivity (Wildman–Crippen MR) is 215 cm³/mol. The molecule has 11 aromatic rings. The van der Waals surface area contributed by atoms with Gasteiger partial charge in [0.25, 0.3) is 0 Å². The molecule has 8 aromatic carbocycles. The lowest BCUT2D eigenvalue weighted by Gasteiger charge is -2.09. The molecule has 11 rings (SSSR count). The van der Waals surface area contributed by atoms with Gasteiger partial charge in [0, 0.05) is 54.7 Å². The minimum atomic E-state index is 1.16. The third kappa shape index (κ3) is 4.25. The molecule has 0 radical (unpaired) electrons. The monoisotopic (exact) mass is 649 g/mol. The molecule has 51 heavy (non-hydrogen) atoms. The van der Waals surface area contributed by atoms with E-state index in [1.807, 2.05) is 0 Å². The molecule has 0 aliphatic rings. The van der Waals surface area contributed by atoms with Crippen molar-refractivity contribution in [1.82, 2.24) is 14.1 Å². The highest BCUT2D eigenvalue weighted by atomic mass is 15.0. The van der Waals surface area contributed by atoms with Crippen LogP contribution in [0.3, 0.4) is 0 Å². The number of rotatable bonds is 4. The number of hydrogen-bond donors (Lipinski definition) is 1. The molecule has 3 aromatic heterocycles. The van der Waals surface area contributed by atoms with Gasteiger partial charge >= 0.3 is 0 Å². The highest BCUT2D eigenvalue weighted by Gasteiger charge is 2.17. The minimum absolute atomic E-state index is 1.16. The van der Waals surface area contributed by atoms with Gasteiger partial charge in [-0.2, -0.15) is 0 Å². The Bertz CT molecular complexity index is 3120. The molecule has 3 heteroatoms. The highest BCUT2D eigenvalue weighted by Crippen LogP contribution is 2.40. The lowest BCUT2D eigenvalue weighted by atomic mass is 9.98. The summed E-state index contributed by atoms with van der Waals surface area (Å²) < 4.78 is 4.78. The van der Waals surface area contributed by atoms with E-state index in [2.05, 4.69) is 196 Å². The molecule has 0 fully saturated rings. The van der Waals surface area contributed by atoms with E-state index in [0.717, 1.165) is 11.2 Å². The smallest absolute Gasteiger partial charge is 0.0541 e. The average Bonchev–Trinajstić information content (AvgIpc) is 3.85. The van der Waals surface area contributed by atoms with Crippen molar-refractivity contribution in [3.05, 3.63) is 182 Å².